The molecule has 0 saturated carbocycles. The molecule has 0 spiro atoms. The number of unbranched alkanes of at least 4 members (excludes halogenated alkanes) is 2. The molecule has 0 aliphatic carbocycles. The second-order valence-electron chi connectivity index (χ2n) is 7.85. The number of aliphatic hydroxyl groups excluding tert-OH is 1. The Balaban J connectivity index is 1.75. The van der Waals surface area contributed by atoms with Gasteiger partial charge >= 0.3 is 0 Å². The molecule has 0 aliphatic heterocycles. The van der Waals surface area contributed by atoms with Crippen LogP contribution in [0.2, 0.25) is 0 Å². The second kappa shape index (κ2) is 15.4. The molecule has 0 heterocycles. The van der Waals surface area contributed by atoms with E-state index in [0.29, 0.717) is 44.3 Å². The molecule has 0 unspecified atom stereocenters. The summed E-state index contributed by atoms with van der Waals surface area (Å²) in [6.07, 6.45) is 3.53. The number of benzene rings is 2. The second-order valence-corrected chi connectivity index (χ2v) is 9.53. The fourth-order valence-electron chi connectivity index (χ4n) is 3.28. The predicted molar refractivity (Wildman–Crippen MR) is 131 cm³/mol. The zero-order valence-electron chi connectivity index (χ0n) is 19.9. The summed E-state index contributed by atoms with van der Waals surface area (Å²) >= 11 is 0. The molecular weight excluding hydrogens is 476 g/mol. The zero-order valence-corrected chi connectivity index (χ0v) is 20.7. The molecule has 2 rings (SSSR count). The van der Waals surface area contributed by atoms with Gasteiger partial charge in [0.25, 0.3) is 5.69 Å². The van der Waals surface area contributed by atoms with E-state index in [1.807, 2.05) is 0 Å². The van der Waals surface area contributed by atoms with E-state index in [1.165, 1.54) is 18.2 Å². The summed E-state index contributed by atoms with van der Waals surface area (Å²) < 4.78 is 44.5. The van der Waals surface area contributed by atoms with Crippen LogP contribution in [-0.4, -0.2) is 58.1 Å². The first-order valence-corrected chi connectivity index (χ1v) is 13.1. The van der Waals surface area contributed by atoms with Crippen molar-refractivity contribution in [3.63, 3.8) is 0 Å². The molecule has 2 aromatic carbocycles. The normalized spacial score (nSPS) is 12.4. The highest BCUT2D eigenvalue weighted by atomic mass is 32.2. The smallest absolute Gasteiger partial charge is 0.289 e. The zero-order chi connectivity index (χ0) is 25.5. The minimum absolute atomic E-state index is 0.0338. The molecule has 0 aromatic heterocycles. The van der Waals surface area contributed by atoms with Crippen molar-refractivity contribution in [3.05, 3.63) is 64.2 Å². The third-order valence-electron chi connectivity index (χ3n) is 5.06. The van der Waals surface area contributed by atoms with Crippen molar-refractivity contribution in [3.8, 4) is 5.75 Å². The summed E-state index contributed by atoms with van der Waals surface area (Å²) in [5.41, 5.74) is 0.211. The van der Waals surface area contributed by atoms with E-state index in [0.717, 1.165) is 31.7 Å². The van der Waals surface area contributed by atoms with Crippen molar-refractivity contribution >= 4 is 15.7 Å². The van der Waals surface area contributed by atoms with E-state index in [-0.39, 0.29) is 11.5 Å². The van der Waals surface area contributed by atoms with E-state index in [1.54, 1.807) is 31.2 Å². The fraction of sp³-hybridized carbons (Fsp3) is 0.500. The number of aliphatic hydroxyl groups is 1. The number of nitro benzene ring substituents is 1. The molecule has 0 saturated heterocycles. The number of para-hydroxylation sites is 1. The van der Waals surface area contributed by atoms with Gasteiger partial charge in [0.1, 0.15) is 5.75 Å². The van der Waals surface area contributed by atoms with Crippen LogP contribution in [0.5, 0.6) is 5.75 Å². The van der Waals surface area contributed by atoms with Gasteiger partial charge in [-0.05, 0) is 56.4 Å². The van der Waals surface area contributed by atoms with E-state index in [2.05, 4.69) is 4.72 Å². The number of hydrogen-bond donors (Lipinski definition) is 2. The van der Waals surface area contributed by atoms with Gasteiger partial charge in [-0.1, -0.05) is 24.3 Å². The summed E-state index contributed by atoms with van der Waals surface area (Å²) in [6, 6.07) is 11.7. The van der Waals surface area contributed by atoms with Crippen LogP contribution in [0.4, 0.5) is 5.69 Å². The predicted octanol–water partition coefficient (Wildman–Crippen LogP) is 3.60. The molecule has 0 fully saturated rings. The average Bonchev–Trinajstić information content (AvgIpc) is 2.84. The molecule has 0 aliphatic rings. The lowest BCUT2D eigenvalue weighted by Crippen LogP contribution is -2.27. The number of nitrogens with zero attached hydrogens (tertiary/aromatic N) is 1. The van der Waals surface area contributed by atoms with Gasteiger partial charge in [-0.25, -0.2) is 13.1 Å². The van der Waals surface area contributed by atoms with Gasteiger partial charge in [-0.2, -0.15) is 0 Å². The third-order valence-corrected chi connectivity index (χ3v) is 6.64. The van der Waals surface area contributed by atoms with Crippen molar-refractivity contribution in [2.45, 2.75) is 43.5 Å². The number of nitro groups is 1. The van der Waals surface area contributed by atoms with Gasteiger partial charge in [0.2, 0.25) is 10.0 Å². The Bertz CT molecular complexity index is 1020. The van der Waals surface area contributed by atoms with Gasteiger partial charge in [-0.15, -0.1) is 0 Å². The number of sulfonamides is 1. The Hall–Kier alpha value is -2.57. The van der Waals surface area contributed by atoms with Crippen LogP contribution < -0.4 is 9.46 Å². The quantitative estimate of drug-likeness (QED) is 0.176. The Kier molecular flexibility index (Phi) is 12.6. The van der Waals surface area contributed by atoms with E-state index >= 15 is 0 Å². The number of rotatable bonds is 18. The first-order chi connectivity index (χ1) is 16.8. The highest BCUT2D eigenvalue weighted by molar-refractivity contribution is 7.89. The first kappa shape index (κ1) is 28.7. The molecule has 2 N–H and O–H groups in total. The van der Waals surface area contributed by atoms with E-state index in [9.17, 15) is 18.5 Å². The standard InChI is InChI=1S/C24H34N2O8S/c1-20(25-35(30,31)24-12-4-3-11-23(24)26(28)29)21-9-7-10-22(19-21)34-17-6-2-5-14-32-15-8-16-33-18-13-27/h3-4,7,9-12,19-20,25,27H,2,5-6,8,13-18H2,1H3/t20-/m1/s1. The Morgan fingerprint density at radius 3 is 2.37 bits per heavy atom. The number of ether oxygens (including phenoxy) is 3. The van der Waals surface area contributed by atoms with Gasteiger partial charge in [0, 0.05) is 31.9 Å². The summed E-state index contributed by atoms with van der Waals surface area (Å²) in [4.78, 5) is 10.1. The number of nitrogens with one attached hydrogen (secondary N) is 1. The minimum atomic E-state index is -4.10. The van der Waals surface area contributed by atoms with Crippen molar-refractivity contribution in [1.29, 1.82) is 0 Å². The minimum Gasteiger partial charge on any atom is -0.494 e. The van der Waals surface area contributed by atoms with Crippen LogP contribution in [0, 0.1) is 10.1 Å². The molecule has 1 atom stereocenters. The lowest BCUT2D eigenvalue weighted by atomic mass is 10.1. The maximum Gasteiger partial charge on any atom is 0.289 e. The van der Waals surface area contributed by atoms with Crippen molar-refractivity contribution in [2.75, 3.05) is 39.6 Å². The van der Waals surface area contributed by atoms with Crippen LogP contribution >= 0.6 is 0 Å². The Morgan fingerprint density at radius 1 is 0.943 bits per heavy atom. The van der Waals surface area contributed by atoms with Gasteiger partial charge in [0.15, 0.2) is 4.90 Å². The number of hydrogen-bond acceptors (Lipinski definition) is 8. The van der Waals surface area contributed by atoms with Crippen LogP contribution in [0.15, 0.2) is 53.4 Å². The topological polar surface area (TPSA) is 137 Å². The lowest BCUT2D eigenvalue weighted by Gasteiger charge is -2.16. The highest BCUT2D eigenvalue weighted by Crippen LogP contribution is 2.26. The van der Waals surface area contributed by atoms with Gasteiger partial charge < -0.3 is 19.3 Å². The van der Waals surface area contributed by atoms with E-state index in [4.69, 9.17) is 19.3 Å². The van der Waals surface area contributed by atoms with Crippen LogP contribution in [0.25, 0.3) is 0 Å². The van der Waals surface area contributed by atoms with Crippen molar-refractivity contribution in [1.82, 2.24) is 4.72 Å². The monoisotopic (exact) mass is 510 g/mol. The summed E-state index contributed by atoms with van der Waals surface area (Å²) in [7, 11) is -4.10. The highest BCUT2D eigenvalue weighted by Gasteiger charge is 2.26. The van der Waals surface area contributed by atoms with E-state index < -0.39 is 26.7 Å². The summed E-state index contributed by atoms with van der Waals surface area (Å²) in [6.45, 7) is 4.47. The average molecular weight is 511 g/mol. The van der Waals surface area contributed by atoms with Crippen LogP contribution in [0.1, 0.15) is 44.2 Å². The molecule has 35 heavy (non-hydrogen) atoms. The fourth-order valence-corrected chi connectivity index (χ4v) is 4.68. The molecule has 0 amide bonds. The van der Waals surface area contributed by atoms with Crippen molar-refractivity contribution in [2.24, 2.45) is 0 Å². The molecule has 2 aromatic rings. The Labute approximate surface area is 206 Å². The largest absolute Gasteiger partial charge is 0.494 e. The maximum absolute atomic E-state index is 12.8. The first-order valence-electron chi connectivity index (χ1n) is 11.6. The van der Waals surface area contributed by atoms with Crippen molar-refractivity contribution < 1.29 is 32.7 Å². The summed E-state index contributed by atoms with van der Waals surface area (Å²) in [5.74, 6) is 0.623. The van der Waals surface area contributed by atoms with Crippen LogP contribution in [-0.2, 0) is 19.5 Å². The SMILES string of the molecule is C[C@@H](NS(=O)(=O)c1ccccc1[N+](=O)[O-])c1cccc(OCCCCCOCCCOCCO)c1. The van der Waals surface area contributed by atoms with Gasteiger partial charge in [-0.3, -0.25) is 10.1 Å². The molecule has 11 heteroatoms. The third kappa shape index (κ3) is 10.3. The molecular formula is C24H34N2O8S. The van der Waals surface area contributed by atoms with Crippen LogP contribution in [0.3, 0.4) is 0 Å². The molecule has 10 nitrogen and oxygen atoms in total. The van der Waals surface area contributed by atoms with Gasteiger partial charge in [0.05, 0.1) is 24.7 Å². The molecule has 0 bridgehead atoms. The summed E-state index contributed by atoms with van der Waals surface area (Å²) in [5, 5.41) is 19.8. The maximum atomic E-state index is 12.8. The molecule has 0 radical (unpaired) electrons. The lowest BCUT2D eigenvalue weighted by molar-refractivity contribution is -0.387. The molecule has 194 valence electrons. The Morgan fingerprint density at radius 2 is 1.63 bits per heavy atom.